The molecule has 2 rings (SSSR count). The number of para-hydroxylation sites is 1. The Hall–Kier alpha value is -1.51. The summed E-state index contributed by atoms with van der Waals surface area (Å²) in [6, 6.07) is 8.42. The van der Waals surface area contributed by atoms with E-state index >= 15 is 0 Å². The predicted molar refractivity (Wildman–Crippen MR) is 71.7 cm³/mol. The predicted octanol–water partition coefficient (Wildman–Crippen LogP) is 2.64. The minimum atomic E-state index is 0.271. The standard InChI is InChI=1S/C15H21NO2/c1-3-15(17)16-10-6-8-13(16)11-12-7-4-5-9-14(12)18-2/h4-5,7,9,13H,3,6,8,10-11H2,1-2H3/t13-/m1/s1. The van der Waals surface area contributed by atoms with Gasteiger partial charge in [-0.3, -0.25) is 4.79 Å². The lowest BCUT2D eigenvalue weighted by molar-refractivity contribution is -0.131. The first-order valence-electron chi connectivity index (χ1n) is 6.67. The van der Waals surface area contributed by atoms with E-state index in [9.17, 15) is 4.79 Å². The van der Waals surface area contributed by atoms with Crippen LogP contribution in [-0.4, -0.2) is 30.5 Å². The van der Waals surface area contributed by atoms with Crippen LogP contribution >= 0.6 is 0 Å². The van der Waals surface area contributed by atoms with E-state index < -0.39 is 0 Å². The van der Waals surface area contributed by atoms with Crippen molar-refractivity contribution in [2.75, 3.05) is 13.7 Å². The Morgan fingerprint density at radius 1 is 1.44 bits per heavy atom. The number of benzene rings is 1. The molecule has 1 atom stereocenters. The van der Waals surface area contributed by atoms with Crippen LogP contribution in [0.15, 0.2) is 24.3 Å². The van der Waals surface area contributed by atoms with Crippen molar-refractivity contribution >= 4 is 5.91 Å². The molecule has 0 saturated carbocycles. The summed E-state index contributed by atoms with van der Waals surface area (Å²) in [5.74, 6) is 1.20. The highest BCUT2D eigenvalue weighted by Gasteiger charge is 2.28. The van der Waals surface area contributed by atoms with Gasteiger partial charge in [0.05, 0.1) is 7.11 Å². The van der Waals surface area contributed by atoms with Crippen LogP contribution in [0.2, 0.25) is 0 Å². The van der Waals surface area contributed by atoms with Gasteiger partial charge in [0.15, 0.2) is 0 Å². The first-order valence-corrected chi connectivity index (χ1v) is 6.67. The van der Waals surface area contributed by atoms with E-state index in [1.807, 2.05) is 30.0 Å². The van der Waals surface area contributed by atoms with Crippen molar-refractivity contribution in [3.05, 3.63) is 29.8 Å². The van der Waals surface area contributed by atoms with Crippen LogP contribution < -0.4 is 4.74 Å². The number of carbonyl (C=O) groups is 1. The van der Waals surface area contributed by atoms with Gasteiger partial charge in [-0.1, -0.05) is 25.1 Å². The molecule has 3 heteroatoms. The molecule has 3 nitrogen and oxygen atoms in total. The zero-order valence-electron chi connectivity index (χ0n) is 11.2. The minimum absolute atomic E-state index is 0.271. The number of hydrogen-bond acceptors (Lipinski definition) is 2. The summed E-state index contributed by atoms with van der Waals surface area (Å²) < 4.78 is 5.37. The molecule has 1 heterocycles. The molecule has 0 aromatic heterocycles. The Labute approximate surface area is 109 Å². The first kappa shape index (κ1) is 12.9. The van der Waals surface area contributed by atoms with Crippen LogP contribution in [-0.2, 0) is 11.2 Å². The summed E-state index contributed by atoms with van der Waals surface area (Å²) in [6.45, 7) is 2.84. The van der Waals surface area contributed by atoms with Gasteiger partial charge in [0.25, 0.3) is 0 Å². The lowest BCUT2D eigenvalue weighted by Gasteiger charge is -2.25. The highest BCUT2D eigenvalue weighted by Crippen LogP contribution is 2.26. The van der Waals surface area contributed by atoms with Gasteiger partial charge < -0.3 is 9.64 Å². The molecule has 1 amide bonds. The molecular formula is C15H21NO2. The van der Waals surface area contributed by atoms with Crippen molar-refractivity contribution < 1.29 is 9.53 Å². The second kappa shape index (κ2) is 5.89. The van der Waals surface area contributed by atoms with Crippen LogP contribution in [0.4, 0.5) is 0 Å². The maximum atomic E-state index is 11.9. The van der Waals surface area contributed by atoms with E-state index in [1.54, 1.807) is 7.11 Å². The Bertz CT molecular complexity index is 417. The van der Waals surface area contributed by atoms with Crippen LogP contribution in [0.5, 0.6) is 5.75 Å². The van der Waals surface area contributed by atoms with Gasteiger partial charge in [-0.25, -0.2) is 0 Å². The summed E-state index contributed by atoms with van der Waals surface area (Å²) >= 11 is 0. The van der Waals surface area contributed by atoms with Gasteiger partial charge in [-0.05, 0) is 30.9 Å². The molecule has 0 aliphatic carbocycles. The molecule has 0 radical (unpaired) electrons. The maximum absolute atomic E-state index is 11.9. The SMILES string of the molecule is CCC(=O)N1CCC[C@@H]1Cc1ccccc1OC. The summed E-state index contributed by atoms with van der Waals surface area (Å²) in [5, 5.41) is 0. The molecule has 1 aromatic carbocycles. The number of rotatable bonds is 4. The highest BCUT2D eigenvalue weighted by atomic mass is 16.5. The van der Waals surface area contributed by atoms with Crippen LogP contribution in [0.3, 0.4) is 0 Å². The van der Waals surface area contributed by atoms with Crippen LogP contribution in [0.25, 0.3) is 0 Å². The average Bonchev–Trinajstić information content (AvgIpc) is 2.86. The van der Waals surface area contributed by atoms with E-state index in [0.717, 1.165) is 31.6 Å². The first-order chi connectivity index (χ1) is 8.76. The molecule has 1 aromatic rings. The average molecular weight is 247 g/mol. The number of hydrogen-bond donors (Lipinski definition) is 0. The smallest absolute Gasteiger partial charge is 0.222 e. The molecule has 1 saturated heterocycles. The third kappa shape index (κ3) is 2.66. The number of carbonyl (C=O) groups excluding carboxylic acids is 1. The van der Waals surface area contributed by atoms with Crippen LogP contribution in [0, 0.1) is 0 Å². The topological polar surface area (TPSA) is 29.5 Å². The van der Waals surface area contributed by atoms with E-state index in [4.69, 9.17) is 4.74 Å². The van der Waals surface area contributed by atoms with Gasteiger partial charge >= 0.3 is 0 Å². The number of ether oxygens (including phenoxy) is 1. The van der Waals surface area contributed by atoms with E-state index in [-0.39, 0.29) is 5.91 Å². The molecule has 98 valence electrons. The summed E-state index contributed by atoms with van der Waals surface area (Å²) in [5.41, 5.74) is 1.20. The summed E-state index contributed by atoms with van der Waals surface area (Å²) in [6.07, 6.45) is 3.72. The molecule has 18 heavy (non-hydrogen) atoms. The van der Waals surface area contributed by atoms with Crippen molar-refractivity contribution in [3.8, 4) is 5.75 Å². The fourth-order valence-electron chi connectivity index (χ4n) is 2.70. The fraction of sp³-hybridized carbons (Fsp3) is 0.533. The van der Waals surface area contributed by atoms with Crippen molar-refractivity contribution in [2.45, 2.75) is 38.6 Å². The Balaban J connectivity index is 2.10. The molecule has 0 unspecified atom stereocenters. The molecule has 1 fully saturated rings. The monoisotopic (exact) mass is 247 g/mol. The molecule has 0 bridgehead atoms. The Morgan fingerprint density at radius 3 is 2.94 bits per heavy atom. The number of methoxy groups -OCH3 is 1. The van der Waals surface area contributed by atoms with Gasteiger partial charge in [0, 0.05) is 19.0 Å². The summed E-state index contributed by atoms with van der Waals surface area (Å²) in [7, 11) is 1.70. The van der Waals surface area contributed by atoms with Crippen LogP contribution in [0.1, 0.15) is 31.7 Å². The van der Waals surface area contributed by atoms with Crippen molar-refractivity contribution in [2.24, 2.45) is 0 Å². The summed E-state index contributed by atoms with van der Waals surface area (Å²) in [4.78, 5) is 13.9. The van der Waals surface area contributed by atoms with Crippen molar-refractivity contribution in [3.63, 3.8) is 0 Å². The lowest BCUT2D eigenvalue weighted by Crippen LogP contribution is -2.36. The van der Waals surface area contributed by atoms with Crippen molar-refractivity contribution in [1.82, 2.24) is 4.90 Å². The van der Waals surface area contributed by atoms with Crippen molar-refractivity contribution in [1.29, 1.82) is 0 Å². The third-order valence-electron chi connectivity index (χ3n) is 3.65. The molecule has 1 aliphatic rings. The lowest BCUT2D eigenvalue weighted by atomic mass is 10.0. The zero-order valence-corrected chi connectivity index (χ0v) is 11.2. The zero-order chi connectivity index (χ0) is 13.0. The highest BCUT2D eigenvalue weighted by molar-refractivity contribution is 5.76. The normalized spacial score (nSPS) is 19.0. The Kier molecular flexibility index (Phi) is 4.24. The molecular weight excluding hydrogens is 226 g/mol. The van der Waals surface area contributed by atoms with Gasteiger partial charge in [0.2, 0.25) is 5.91 Å². The Morgan fingerprint density at radius 2 is 2.22 bits per heavy atom. The quantitative estimate of drug-likeness (QED) is 0.818. The second-order valence-corrected chi connectivity index (χ2v) is 4.75. The van der Waals surface area contributed by atoms with Gasteiger partial charge in [0.1, 0.15) is 5.75 Å². The largest absolute Gasteiger partial charge is 0.496 e. The van der Waals surface area contributed by atoms with E-state index in [1.165, 1.54) is 5.56 Å². The molecule has 0 N–H and O–H groups in total. The van der Waals surface area contributed by atoms with Gasteiger partial charge in [-0.15, -0.1) is 0 Å². The maximum Gasteiger partial charge on any atom is 0.222 e. The number of amides is 1. The van der Waals surface area contributed by atoms with Gasteiger partial charge in [-0.2, -0.15) is 0 Å². The minimum Gasteiger partial charge on any atom is -0.496 e. The third-order valence-corrected chi connectivity index (χ3v) is 3.65. The fourth-order valence-corrected chi connectivity index (χ4v) is 2.70. The van der Waals surface area contributed by atoms with E-state index in [0.29, 0.717) is 12.5 Å². The number of likely N-dealkylation sites (tertiary alicyclic amines) is 1. The number of nitrogens with zero attached hydrogens (tertiary/aromatic N) is 1. The molecule has 1 aliphatic heterocycles. The van der Waals surface area contributed by atoms with E-state index in [2.05, 4.69) is 6.07 Å². The molecule has 0 spiro atoms. The second-order valence-electron chi connectivity index (χ2n) is 4.75.